The van der Waals surface area contributed by atoms with Crippen LogP contribution in [0.1, 0.15) is 49.4 Å². The standard InChI is InChI=1S/C20H27N3O3/c1-15-6-4-5-11-23(15)18(24)14-22-12-9-20(10-13-22)21-19(25)16-7-2-3-8-17(16)26-20/h2-3,7-8,15H,4-6,9-14H2,1H3,(H,21,25). The third-order valence-electron chi connectivity index (χ3n) is 5.92. The maximum absolute atomic E-state index is 12.6. The van der Waals surface area contributed by atoms with Crippen LogP contribution in [0.15, 0.2) is 24.3 Å². The molecular formula is C20H27N3O3. The molecule has 0 aliphatic carbocycles. The molecule has 6 heteroatoms. The van der Waals surface area contributed by atoms with Crippen molar-refractivity contribution in [2.45, 2.75) is 50.8 Å². The van der Waals surface area contributed by atoms with E-state index >= 15 is 0 Å². The fourth-order valence-corrected chi connectivity index (χ4v) is 4.30. The molecular weight excluding hydrogens is 330 g/mol. The summed E-state index contributed by atoms with van der Waals surface area (Å²) in [6.45, 7) is 4.98. The summed E-state index contributed by atoms with van der Waals surface area (Å²) in [5, 5.41) is 3.05. The first-order valence-electron chi connectivity index (χ1n) is 9.69. The Morgan fingerprint density at radius 2 is 2.00 bits per heavy atom. The van der Waals surface area contributed by atoms with E-state index in [-0.39, 0.29) is 11.8 Å². The lowest BCUT2D eigenvalue weighted by Gasteiger charge is -2.44. The highest BCUT2D eigenvalue weighted by atomic mass is 16.5. The van der Waals surface area contributed by atoms with Crippen LogP contribution in [0.25, 0.3) is 0 Å². The molecule has 0 aromatic heterocycles. The van der Waals surface area contributed by atoms with Gasteiger partial charge in [-0.15, -0.1) is 0 Å². The maximum atomic E-state index is 12.6. The zero-order valence-corrected chi connectivity index (χ0v) is 15.4. The number of ether oxygens (including phenoxy) is 1. The molecule has 1 N–H and O–H groups in total. The second-order valence-electron chi connectivity index (χ2n) is 7.75. The molecule has 3 aliphatic heterocycles. The molecule has 0 radical (unpaired) electrons. The average Bonchev–Trinajstić information content (AvgIpc) is 2.64. The van der Waals surface area contributed by atoms with Crippen molar-refractivity contribution in [3.8, 4) is 5.75 Å². The van der Waals surface area contributed by atoms with Crippen molar-refractivity contribution >= 4 is 11.8 Å². The third kappa shape index (κ3) is 3.30. The summed E-state index contributed by atoms with van der Waals surface area (Å²) in [4.78, 5) is 29.3. The van der Waals surface area contributed by atoms with Crippen molar-refractivity contribution in [1.82, 2.24) is 15.1 Å². The Labute approximate surface area is 154 Å². The van der Waals surface area contributed by atoms with Crippen LogP contribution < -0.4 is 10.1 Å². The van der Waals surface area contributed by atoms with E-state index in [1.54, 1.807) is 6.07 Å². The van der Waals surface area contributed by atoms with Crippen LogP contribution in [0.2, 0.25) is 0 Å². The van der Waals surface area contributed by atoms with E-state index in [4.69, 9.17) is 4.74 Å². The minimum absolute atomic E-state index is 0.0708. The molecule has 1 aromatic rings. The Kier molecular flexibility index (Phi) is 4.61. The molecule has 1 spiro atoms. The molecule has 26 heavy (non-hydrogen) atoms. The lowest BCUT2D eigenvalue weighted by molar-refractivity contribution is -0.136. The number of benzene rings is 1. The summed E-state index contributed by atoms with van der Waals surface area (Å²) >= 11 is 0. The van der Waals surface area contributed by atoms with Gasteiger partial charge in [0.15, 0.2) is 5.72 Å². The van der Waals surface area contributed by atoms with Crippen molar-refractivity contribution in [2.24, 2.45) is 0 Å². The highest BCUT2D eigenvalue weighted by Crippen LogP contribution is 2.33. The third-order valence-corrected chi connectivity index (χ3v) is 5.92. The highest BCUT2D eigenvalue weighted by molar-refractivity contribution is 5.98. The number of rotatable bonds is 2. The number of carbonyl (C=O) groups is 2. The molecule has 2 saturated heterocycles. The number of para-hydroxylation sites is 1. The summed E-state index contributed by atoms with van der Waals surface area (Å²) in [6, 6.07) is 7.72. The van der Waals surface area contributed by atoms with Gasteiger partial charge >= 0.3 is 0 Å². The summed E-state index contributed by atoms with van der Waals surface area (Å²) < 4.78 is 6.16. The summed E-state index contributed by atoms with van der Waals surface area (Å²) in [6.07, 6.45) is 4.81. The second-order valence-corrected chi connectivity index (χ2v) is 7.75. The van der Waals surface area contributed by atoms with Crippen molar-refractivity contribution in [2.75, 3.05) is 26.2 Å². The van der Waals surface area contributed by atoms with Crippen molar-refractivity contribution in [3.63, 3.8) is 0 Å². The number of nitrogens with one attached hydrogen (secondary N) is 1. The number of amides is 2. The van der Waals surface area contributed by atoms with Crippen molar-refractivity contribution in [3.05, 3.63) is 29.8 Å². The lowest BCUT2D eigenvalue weighted by Crippen LogP contribution is -2.61. The largest absolute Gasteiger partial charge is 0.467 e. The van der Waals surface area contributed by atoms with Gasteiger partial charge in [-0.25, -0.2) is 0 Å². The summed E-state index contributed by atoms with van der Waals surface area (Å²) in [7, 11) is 0. The van der Waals surface area contributed by atoms with Gasteiger partial charge < -0.3 is 15.0 Å². The fourth-order valence-electron chi connectivity index (χ4n) is 4.30. The van der Waals surface area contributed by atoms with Crippen LogP contribution in [0, 0.1) is 0 Å². The topological polar surface area (TPSA) is 61.9 Å². The Morgan fingerprint density at radius 1 is 1.23 bits per heavy atom. The SMILES string of the molecule is CC1CCCCN1C(=O)CN1CCC2(CC1)NC(=O)c1ccccc1O2. The number of hydrogen-bond acceptors (Lipinski definition) is 4. The Balaban J connectivity index is 1.36. The van der Waals surface area contributed by atoms with E-state index in [1.165, 1.54) is 6.42 Å². The van der Waals surface area contributed by atoms with Crippen LogP contribution >= 0.6 is 0 Å². The molecule has 140 valence electrons. The Bertz CT molecular complexity index is 697. The smallest absolute Gasteiger partial charge is 0.258 e. The highest BCUT2D eigenvalue weighted by Gasteiger charge is 2.42. The first kappa shape index (κ1) is 17.3. The van der Waals surface area contributed by atoms with E-state index < -0.39 is 5.72 Å². The quantitative estimate of drug-likeness (QED) is 0.879. The first-order chi connectivity index (χ1) is 12.6. The molecule has 2 fully saturated rings. The van der Waals surface area contributed by atoms with Crippen LogP contribution in [0.5, 0.6) is 5.75 Å². The number of piperidine rings is 2. The summed E-state index contributed by atoms with van der Waals surface area (Å²) in [5.41, 5.74) is -0.0431. The van der Waals surface area contributed by atoms with Crippen LogP contribution in [0.3, 0.4) is 0 Å². The number of likely N-dealkylation sites (tertiary alicyclic amines) is 2. The minimum atomic E-state index is -0.636. The second kappa shape index (κ2) is 6.91. The summed E-state index contributed by atoms with van der Waals surface area (Å²) in [5.74, 6) is 0.813. The van der Waals surface area contributed by atoms with E-state index in [0.717, 1.165) is 32.5 Å². The van der Waals surface area contributed by atoms with Crippen LogP contribution in [0.4, 0.5) is 0 Å². The zero-order chi connectivity index (χ0) is 18.1. The van der Waals surface area contributed by atoms with Crippen molar-refractivity contribution < 1.29 is 14.3 Å². The van der Waals surface area contributed by atoms with Gasteiger partial charge in [0.05, 0.1) is 12.1 Å². The van der Waals surface area contributed by atoms with Gasteiger partial charge in [-0.3, -0.25) is 14.5 Å². The minimum Gasteiger partial charge on any atom is -0.467 e. The molecule has 1 aromatic carbocycles. The number of nitrogens with zero attached hydrogens (tertiary/aromatic N) is 2. The maximum Gasteiger partial charge on any atom is 0.258 e. The molecule has 1 atom stereocenters. The lowest BCUT2D eigenvalue weighted by atomic mass is 9.96. The average molecular weight is 357 g/mol. The van der Waals surface area contributed by atoms with Gasteiger partial charge in [0.25, 0.3) is 5.91 Å². The van der Waals surface area contributed by atoms with Gasteiger partial charge in [0.1, 0.15) is 5.75 Å². The normalized spacial score (nSPS) is 25.3. The zero-order valence-electron chi connectivity index (χ0n) is 15.4. The Hall–Kier alpha value is -2.08. The van der Waals surface area contributed by atoms with Crippen molar-refractivity contribution in [1.29, 1.82) is 0 Å². The van der Waals surface area contributed by atoms with E-state index in [9.17, 15) is 9.59 Å². The molecule has 6 nitrogen and oxygen atoms in total. The van der Waals surface area contributed by atoms with Crippen LogP contribution in [-0.4, -0.2) is 59.6 Å². The van der Waals surface area contributed by atoms with Gasteiger partial charge in [0.2, 0.25) is 5.91 Å². The van der Waals surface area contributed by atoms with Gasteiger partial charge in [-0.1, -0.05) is 12.1 Å². The van der Waals surface area contributed by atoms with Gasteiger partial charge in [-0.05, 0) is 38.3 Å². The molecule has 0 saturated carbocycles. The molecule has 2 amide bonds. The predicted octanol–water partition coefficient (Wildman–Crippen LogP) is 2.00. The molecule has 3 aliphatic rings. The van der Waals surface area contributed by atoms with Gasteiger partial charge in [-0.2, -0.15) is 0 Å². The molecule has 3 heterocycles. The van der Waals surface area contributed by atoms with E-state index in [0.29, 0.717) is 36.7 Å². The van der Waals surface area contributed by atoms with Gasteiger partial charge in [0, 0.05) is 38.5 Å². The van der Waals surface area contributed by atoms with E-state index in [1.807, 2.05) is 23.1 Å². The van der Waals surface area contributed by atoms with Crippen LogP contribution in [-0.2, 0) is 4.79 Å². The number of carbonyl (C=O) groups excluding carboxylic acids is 2. The molecule has 4 rings (SSSR count). The molecule has 1 unspecified atom stereocenters. The Morgan fingerprint density at radius 3 is 2.77 bits per heavy atom. The monoisotopic (exact) mass is 357 g/mol. The predicted molar refractivity (Wildman–Crippen MR) is 98.0 cm³/mol. The fraction of sp³-hybridized carbons (Fsp3) is 0.600. The van der Waals surface area contributed by atoms with E-state index in [2.05, 4.69) is 17.1 Å². The first-order valence-corrected chi connectivity index (χ1v) is 9.69. The number of hydrogen-bond donors (Lipinski definition) is 1. The number of fused-ring (bicyclic) bond motifs is 1. The molecule has 0 bridgehead atoms.